The number of benzene rings is 1. The van der Waals surface area contributed by atoms with Crippen molar-refractivity contribution in [3.63, 3.8) is 0 Å². The number of fused-ring (bicyclic) bond motifs is 1. The molecule has 3 rings (SSSR count). The van der Waals surface area contributed by atoms with Gasteiger partial charge in [-0.05, 0) is 39.0 Å². The van der Waals surface area contributed by atoms with Crippen LogP contribution >= 0.6 is 11.3 Å². The number of amides is 1. The lowest BCUT2D eigenvalue weighted by Crippen LogP contribution is -2.42. The predicted molar refractivity (Wildman–Crippen MR) is 120 cm³/mol. The van der Waals surface area contributed by atoms with E-state index in [0.717, 1.165) is 23.3 Å². The number of carbonyl (C=O) groups is 1. The average Bonchev–Trinajstić information content (AvgIpc) is 3.18. The van der Waals surface area contributed by atoms with Crippen molar-refractivity contribution in [3.8, 4) is 0 Å². The number of aliphatic hydroxyl groups is 1. The maximum atomic E-state index is 14.0. The Labute approximate surface area is 191 Å². The minimum Gasteiger partial charge on any atom is -0.387 e. The van der Waals surface area contributed by atoms with Crippen molar-refractivity contribution >= 4 is 44.7 Å². The Morgan fingerprint density at radius 1 is 1.21 bits per heavy atom. The van der Waals surface area contributed by atoms with Crippen LogP contribution in [0.4, 0.5) is 34.8 Å². The molecule has 0 radical (unpaired) electrons. The third-order valence-corrected chi connectivity index (χ3v) is 5.62. The van der Waals surface area contributed by atoms with Gasteiger partial charge in [-0.25, -0.2) is 14.4 Å². The standard InChI is InChI=1S/C21H23F4N5O2S/c1-11(21(23,24)25)29-15-7-18(30-12-4-5-14-16(6-12)33-10-28-14)26-8-13(15)19(31)27-9-17(22)20(2,3)32/h4-8,10-11,17,32H,9H2,1-3H3,(H,27,31)(H2,26,29,30). The molecule has 7 nitrogen and oxygen atoms in total. The van der Waals surface area contributed by atoms with E-state index in [-0.39, 0.29) is 17.1 Å². The zero-order valence-corrected chi connectivity index (χ0v) is 18.8. The largest absolute Gasteiger partial charge is 0.408 e. The molecule has 33 heavy (non-hydrogen) atoms. The van der Waals surface area contributed by atoms with E-state index in [1.54, 1.807) is 17.6 Å². The maximum Gasteiger partial charge on any atom is 0.408 e. The average molecular weight is 486 g/mol. The van der Waals surface area contributed by atoms with Gasteiger partial charge < -0.3 is 21.1 Å². The summed E-state index contributed by atoms with van der Waals surface area (Å²) in [7, 11) is 0. The fourth-order valence-corrected chi connectivity index (χ4v) is 3.46. The molecule has 0 aliphatic carbocycles. The molecular weight excluding hydrogens is 462 g/mol. The van der Waals surface area contributed by atoms with Gasteiger partial charge >= 0.3 is 6.18 Å². The number of aromatic nitrogens is 2. The van der Waals surface area contributed by atoms with Crippen molar-refractivity contribution in [1.82, 2.24) is 15.3 Å². The molecular formula is C21H23F4N5O2S. The Kier molecular flexibility index (Phi) is 7.08. The zero-order chi connectivity index (χ0) is 24.4. The van der Waals surface area contributed by atoms with Gasteiger partial charge in [0, 0.05) is 18.0 Å². The molecule has 0 spiro atoms. The van der Waals surface area contributed by atoms with Crippen LogP contribution in [0.2, 0.25) is 0 Å². The number of anilines is 3. The lowest BCUT2D eigenvalue weighted by Gasteiger charge is -2.23. The Morgan fingerprint density at radius 2 is 1.94 bits per heavy atom. The third-order valence-electron chi connectivity index (χ3n) is 4.82. The van der Waals surface area contributed by atoms with E-state index in [1.807, 2.05) is 6.07 Å². The summed E-state index contributed by atoms with van der Waals surface area (Å²) in [4.78, 5) is 20.9. The van der Waals surface area contributed by atoms with Crippen LogP contribution in [0.3, 0.4) is 0 Å². The summed E-state index contributed by atoms with van der Waals surface area (Å²) in [6.07, 6.45) is -5.24. The van der Waals surface area contributed by atoms with Gasteiger partial charge in [-0.3, -0.25) is 4.79 Å². The number of carbonyl (C=O) groups excluding carboxylic acids is 1. The highest BCUT2D eigenvalue weighted by Crippen LogP contribution is 2.29. The molecule has 0 saturated heterocycles. The molecule has 1 amide bonds. The zero-order valence-electron chi connectivity index (χ0n) is 18.0. The fraction of sp³-hybridized carbons (Fsp3) is 0.381. The Hall–Kier alpha value is -2.99. The lowest BCUT2D eigenvalue weighted by atomic mass is 10.0. The van der Waals surface area contributed by atoms with E-state index in [2.05, 4.69) is 25.9 Å². The molecule has 178 valence electrons. The van der Waals surface area contributed by atoms with Crippen LogP contribution in [0.15, 0.2) is 36.0 Å². The number of alkyl halides is 4. The van der Waals surface area contributed by atoms with Crippen LogP contribution in [-0.2, 0) is 0 Å². The summed E-state index contributed by atoms with van der Waals surface area (Å²) in [6, 6.07) is 4.67. The van der Waals surface area contributed by atoms with Gasteiger partial charge in [0.2, 0.25) is 0 Å². The van der Waals surface area contributed by atoms with E-state index in [9.17, 15) is 27.5 Å². The molecule has 3 aromatic rings. The Morgan fingerprint density at radius 3 is 2.61 bits per heavy atom. The highest BCUT2D eigenvalue weighted by atomic mass is 32.1. The van der Waals surface area contributed by atoms with Gasteiger partial charge in [-0.2, -0.15) is 13.2 Å². The molecule has 0 aliphatic heterocycles. The first-order chi connectivity index (χ1) is 15.3. The van der Waals surface area contributed by atoms with Gasteiger partial charge in [0.05, 0.1) is 39.1 Å². The first-order valence-corrected chi connectivity index (χ1v) is 10.8. The smallest absolute Gasteiger partial charge is 0.387 e. The summed E-state index contributed by atoms with van der Waals surface area (Å²) in [5, 5.41) is 17.2. The molecule has 2 heterocycles. The first-order valence-electron chi connectivity index (χ1n) is 9.93. The topological polar surface area (TPSA) is 99.2 Å². The minimum absolute atomic E-state index is 0.132. The van der Waals surface area contributed by atoms with E-state index in [1.165, 1.54) is 31.3 Å². The molecule has 12 heteroatoms. The van der Waals surface area contributed by atoms with Crippen LogP contribution in [-0.4, -0.2) is 51.5 Å². The highest BCUT2D eigenvalue weighted by molar-refractivity contribution is 7.16. The van der Waals surface area contributed by atoms with Crippen LogP contribution in [0.25, 0.3) is 10.2 Å². The van der Waals surface area contributed by atoms with E-state index >= 15 is 0 Å². The third kappa shape index (κ3) is 6.29. The van der Waals surface area contributed by atoms with Crippen LogP contribution in [0.5, 0.6) is 0 Å². The quantitative estimate of drug-likeness (QED) is 0.347. The number of hydrogen-bond donors (Lipinski definition) is 4. The SMILES string of the molecule is CC(Nc1cc(Nc2ccc3ncsc3c2)ncc1C(=O)NCC(F)C(C)(C)O)C(F)(F)F. The minimum atomic E-state index is -4.56. The summed E-state index contributed by atoms with van der Waals surface area (Å²) in [5.41, 5.74) is 1.12. The number of nitrogens with zero attached hydrogens (tertiary/aromatic N) is 2. The molecule has 2 unspecified atom stereocenters. The molecule has 1 aromatic carbocycles. The van der Waals surface area contributed by atoms with Crippen LogP contribution < -0.4 is 16.0 Å². The molecule has 4 N–H and O–H groups in total. The lowest BCUT2D eigenvalue weighted by molar-refractivity contribution is -0.138. The highest BCUT2D eigenvalue weighted by Gasteiger charge is 2.36. The molecule has 0 aliphatic rings. The van der Waals surface area contributed by atoms with E-state index < -0.39 is 36.4 Å². The number of halogens is 4. The normalized spacial score (nSPS) is 14.1. The summed E-state index contributed by atoms with van der Waals surface area (Å²) in [6.45, 7) is 2.88. The van der Waals surface area contributed by atoms with E-state index in [4.69, 9.17) is 0 Å². The summed E-state index contributed by atoms with van der Waals surface area (Å²) in [5.74, 6) is -0.629. The van der Waals surface area contributed by atoms with Crippen molar-refractivity contribution in [3.05, 3.63) is 41.5 Å². The van der Waals surface area contributed by atoms with E-state index in [0.29, 0.717) is 5.69 Å². The number of rotatable bonds is 8. The van der Waals surface area contributed by atoms with Gasteiger partial charge in [-0.15, -0.1) is 11.3 Å². The van der Waals surface area contributed by atoms with Crippen molar-refractivity contribution in [2.75, 3.05) is 17.2 Å². The van der Waals surface area contributed by atoms with Gasteiger partial charge in [0.25, 0.3) is 5.91 Å². The van der Waals surface area contributed by atoms with Crippen molar-refractivity contribution < 1.29 is 27.5 Å². The van der Waals surface area contributed by atoms with Crippen molar-refractivity contribution in [2.45, 2.75) is 44.8 Å². The van der Waals surface area contributed by atoms with Gasteiger partial charge in [-0.1, -0.05) is 0 Å². The molecule has 0 fully saturated rings. The second-order valence-electron chi connectivity index (χ2n) is 8.01. The van der Waals surface area contributed by atoms with Crippen molar-refractivity contribution in [1.29, 1.82) is 0 Å². The predicted octanol–water partition coefficient (Wildman–Crippen LogP) is 4.64. The molecule has 2 aromatic heterocycles. The first kappa shape index (κ1) is 24.6. The monoisotopic (exact) mass is 485 g/mol. The second-order valence-corrected chi connectivity index (χ2v) is 8.90. The molecule has 2 atom stereocenters. The Bertz CT molecular complexity index is 1130. The van der Waals surface area contributed by atoms with Gasteiger partial charge in [0.1, 0.15) is 18.0 Å². The maximum absolute atomic E-state index is 14.0. The number of thiazole rings is 1. The number of nitrogens with one attached hydrogen (secondary N) is 3. The molecule has 0 bridgehead atoms. The number of hydrogen-bond acceptors (Lipinski definition) is 7. The number of pyridine rings is 1. The van der Waals surface area contributed by atoms with Crippen LogP contribution in [0.1, 0.15) is 31.1 Å². The second kappa shape index (κ2) is 9.48. The Balaban J connectivity index is 1.85. The van der Waals surface area contributed by atoms with Crippen molar-refractivity contribution in [2.24, 2.45) is 0 Å². The fourth-order valence-electron chi connectivity index (χ4n) is 2.75. The summed E-state index contributed by atoms with van der Waals surface area (Å²) >= 11 is 1.43. The van der Waals surface area contributed by atoms with Gasteiger partial charge in [0.15, 0.2) is 0 Å². The van der Waals surface area contributed by atoms with Crippen LogP contribution in [0, 0.1) is 0 Å². The summed E-state index contributed by atoms with van der Waals surface area (Å²) < 4.78 is 54.3. The molecule has 0 saturated carbocycles.